The minimum Gasteiger partial charge on any atom is -0.497 e. The fraction of sp³-hybridized carbons (Fsp3) is 0.375. The normalized spacial score (nSPS) is 14.8. The summed E-state index contributed by atoms with van der Waals surface area (Å²) < 4.78 is 50.2. The number of hydrogen-bond acceptors (Lipinski definition) is 6. The summed E-state index contributed by atoms with van der Waals surface area (Å²) in [5.41, 5.74) is 17.4. The van der Waals surface area contributed by atoms with Gasteiger partial charge in [-0.25, -0.2) is 0 Å². The van der Waals surface area contributed by atoms with Crippen LogP contribution in [0.3, 0.4) is 0 Å². The second kappa shape index (κ2) is 13.1. The third-order valence-corrected chi connectivity index (χ3v) is 7.80. The van der Waals surface area contributed by atoms with Crippen molar-refractivity contribution in [2.45, 2.75) is 51.3 Å². The van der Waals surface area contributed by atoms with Crippen LogP contribution >= 0.6 is 0 Å². The summed E-state index contributed by atoms with van der Waals surface area (Å²) in [7, 11) is 1.67. The molecule has 0 saturated carbocycles. The number of alkyl halides is 3. The molecule has 0 aliphatic carbocycles. The highest BCUT2D eigenvalue weighted by Gasteiger charge is 2.31. The Labute approximate surface area is 244 Å². The minimum atomic E-state index is -4.76. The molecule has 0 amide bonds. The topological polar surface area (TPSA) is 90.7 Å². The molecule has 1 aliphatic rings. The van der Waals surface area contributed by atoms with Crippen LogP contribution in [0.2, 0.25) is 0 Å². The highest BCUT2D eigenvalue weighted by atomic mass is 19.4. The van der Waals surface area contributed by atoms with Gasteiger partial charge in [0.05, 0.1) is 7.11 Å². The van der Waals surface area contributed by atoms with E-state index in [9.17, 15) is 13.2 Å². The first-order chi connectivity index (χ1) is 20.3. The van der Waals surface area contributed by atoms with E-state index in [0.717, 1.165) is 78.9 Å². The van der Waals surface area contributed by atoms with Crippen molar-refractivity contribution in [3.05, 3.63) is 78.0 Å². The number of fused-ring (bicyclic) bond motifs is 1. The molecule has 2 heterocycles. The zero-order valence-electron chi connectivity index (χ0n) is 23.8. The zero-order chi connectivity index (χ0) is 29.7. The van der Waals surface area contributed by atoms with E-state index in [0.29, 0.717) is 18.2 Å². The number of nitrogens with zero attached hydrogens (tertiary/aromatic N) is 2. The molecule has 0 unspecified atom stereocenters. The first-order valence-corrected chi connectivity index (χ1v) is 14.3. The van der Waals surface area contributed by atoms with Crippen LogP contribution in [0.4, 0.5) is 18.9 Å². The number of anilines is 1. The van der Waals surface area contributed by atoms with Crippen LogP contribution in [0.15, 0.2) is 66.9 Å². The maximum Gasteiger partial charge on any atom is 0.573 e. The predicted molar refractivity (Wildman–Crippen MR) is 161 cm³/mol. The van der Waals surface area contributed by atoms with Gasteiger partial charge in [-0.1, -0.05) is 18.2 Å². The molecule has 5 rings (SSSR count). The van der Waals surface area contributed by atoms with Crippen molar-refractivity contribution in [1.29, 1.82) is 0 Å². The number of hydrogen-bond donors (Lipinski definition) is 3. The molecule has 3 aromatic carbocycles. The van der Waals surface area contributed by atoms with Gasteiger partial charge in [0.1, 0.15) is 11.5 Å². The van der Waals surface area contributed by atoms with E-state index < -0.39 is 6.36 Å². The summed E-state index contributed by atoms with van der Waals surface area (Å²) in [5.74, 6) is 0.566. The zero-order valence-corrected chi connectivity index (χ0v) is 23.8. The lowest BCUT2D eigenvalue weighted by Gasteiger charge is -2.33. The average molecular weight is 582 g/mol. The Kier molecular flexibility index (Phi) is 9.25. The molecule has 1 aromatic heterocycles. The van der Waals surface area contributed by atoms with Gasteiger partial charge in [-0.2, -0.15) is 0 Å². The number of aryl methyl sites for hydroxylation is 1. The summed E-state index contributed by atoms with van der Waals surface area (Å²) in [6.07, 6.45) is 0.170. The molecule has 42 heavy (non-hydrogen) atoms. The molecule has 4 aromatic rings. The van der Waals surface area contributed by atoms with Gasteiger partial charge in [0.15, 0.2) is 0 Å². The molecule has 5 N–H and O–H groups in total. The molecule has 0 spiro atoms. The van der Waals surface area contributed by atoms with Crippen LogP contribution in [0, 0.1) is 0 Å². The van der Waals surface area contributed by atoms with Crippen molar-refractivity contribution in [3.8, 4) is 22.6 Å². The summed E-state index contributed by atoms with van der Waals surface area (Å²) in [6, 6.07) is 19.3. The van der Waals surface area contributed by atoms with Crippen molar-refractivity contribution >= 4 is 16.6 Å². The van der Waals surface area contributed by atoms with Crippen molar-refractivity contribution < 1.29 is 22.6 Å². The molecular formula is C32H38F3N5O2. The minimum absolute atomic E-state index is 0.0816. The van der Waals surface area contributed by atoms with E-state index in [2.05, 4.69) is 50.0 Å². The fourth-order valence-electron chi connectivity index (χ4n) is 5.74. The molecule has 0 bridgehead atoms. The lowest BCUT2D eigenvalue weighted by atomic mass is 9.97. The lowest BCUT2D eigenvalue weighted by Crippen LogP contribution is -2.38. The van der Waals surface area contributed by atoms with E-state index >= 15 is 0 Å². The molecule has 224 valence electrons. The second-order valence-corrected chi connectivity index (χ2v) is 10.7. The Morgan fingerprint density at radius 2 is 1.76 bits per heavy atom. The van der Waals surface area contributed by atoms with Gasteiger partial charge < -0.3 is 30.8 Å². The molecule has 1 fully saturated rings. The largest absolute Gasteiger partial charge is 0.573 e. The van der Waals surface area contributed by atoms with Crippen LogP contribution in [0.1, 0.15) is 30.4 Å². The summed E-state index contributed by atoms with van der Waals surface area (Å²) >= 11 is 0. The predicted octanol–water partition coefficient (Wildman–Crippen LogP) is 6.10. The standard InChI is InChI=1S/C32H38F3N5O2/c1-41-26-5-2-4-25(18-26)38-24-10-14-39(15-11-24)20-22-6-9-31-29(16-22)30(21-40(31)13-3-12-36)28-8-7-27(17-23(28)19-37)42-32(33,34)35/h2,4-9,16-18,21,24,38H,3,10-15,19-20,36-37H2,1H3. The monoisotopic (exact) mass is 581 g/mol. The van der Waals surface area contributed by atoms with Gasteiger partial charge in [0.2, 0.25) is 0 Å². The van der Waals surface area contributed by atoms with E-state index in [1.54, 1.807) is 13.2 Å². The van der Waals surface area contributed by atoms with Gasteiger partial charge in [-0.15, -0.1) is 13.2 Å². The second-order valence-electron chi connectivity index (χ2n) is 10.7. The van der Waals surface area contributed by atoms with Gasteiger partial charge in [-0.3, -0.25) is 4.90 Å². The fourth-order valence-corrected chi connectivity index (χ4v) is 5.74. The molecule has 1 saturated heterocycles. The van der Waals surface area contributed by atoms with Crippen molar-refractivity contribution in [2.75, 3.05) is 32.1 Å². The SMILES string of the molecule is COc1cccc(NC2CCN(Cc3ccc4c(c3)c(-c3ccc(OC(F)(F)F)cc3CN)cn4CCCN)CC2)c1. The Morgan fingerprint density at radius 1 is 0.952 bits per heavy atom. The van der Waals surface area contributed by atoms with Crippen LogP contribution < -0.4 is 26.3 Å². The number of benzene rings is 3. The Bertz CT molecular complexity index is 1500. The van der Waals surface area contributed by atoms with Crippen LogP contribution in [-0.4, -0.2) is 48.6 Å². The highest BCUT2D eigenvalue weighted by Crippen LogP contribution is 2.36. The average Bonchev–Trinajstić information content (AvgIpc) is 3.33. The number of rotatable bonds is 11. The van der Waals surface area contributed by atoms with Gasteiger partial charge in [0.25, 0.3) is 0 Å². The van der Waals surface area contributed by atoms with Crippen molar-refractivity contribution in [2.24, 2.45) is 11.5 Å². The smallest absolute Gasteiger partial charge is 0.497 e. The molecule has 10 heteroatoms. The molecular weight excluding hydrogens is 543 g/mol. The van der Waals surface area contributed by atoms with E-state index in [1.807, 2.05) is 18.2 Å². The summed E-state index contributed by atoms with van der Waals surface area (Å²) in [6.45, 7) is 4.15. The van der Waals surface area contributed by atoms with E-state index in [4.69, 9.17) is 16.2 Å². The third-order valence-electron chi connectivity index (χ3n) is 7.80. The first kappa shape index (κ1) is 29.8. The third kappa shape index (κ3) is 7.18. The summed E-state index contributed by atoms with van der Waals surface area (Å²) in [4.78, 5) is 2.46. The molecule has 0 radical (unpaired) electrons. The Hall–Kier alpha value is -3.73. The van der Waals surface area contributed by atoms with Gasteiger partial charge in [-0.05, 0) is 78.9 Å². The number of piperidine rings is 1. The van der Waals surface area contributed by atoms with E-state index in [1.165, 1.54) is 17.7 Å². The van der Waals surface area contributed by atoms with Gasteiger partial charge >= 0.3 is 6.36 Å². The maximum absolute atomic E-state index is 12.8. The first-order valence-electron chi connectivity index (χ1n) is 14.3. The number of nitrogens with two attached hydrogens (primary N) is 2. The van der Waals surface area contributed by atoms with Crippen LogP contribution in [0.5, 0.6) is 11.5 Å². The maximum atomic E-state index is 12.8. The van der Waals surface area contributed by atoms with Gasteiger partial charge in [0, 0.05) is 73.2 Å². The van der Waals surface area contributed by atoms with Crippen molar-refractivity contribution in [1.82, 2.24) is 9.47 Å². The van der Waals surface area contributed by atoms with Crippen LogP contribution in [-0.2, 0) is 19.6 Å². The molecule has 0 atom stereocenters. The number of methoxy groups -OCH3 is 1. The highest BCUT2D eigenvalue weighted by molar-refractivity contribution is 5.97. The number of likely N-dealkylation sites (tertiary alicyclic amines) is 1. The summed E-state index contributed by atoms with van der Waals surface area (Å²) in [5, 5.41) is 4.68. The number of aromatic nitrogens is 1. The quantitative estimate of drug-likeness (QED) is 0.198. The van der Waals surface area contributed by atoms with E-state index in [-0.39, 0.29) is 12.3 Å². The number of ether oxygens (including phenoxy) is 2. The number of nitrogens with one attached hydrogen (secondary N) is 1. The molecule has 1 aliphatic heterocycles. The lowest BCUT2D eigenvalue weighted by molar-refractivity contribution is -0.274. The van der Waals surface area contributed by atoms with Crippen LogP contribution in [0.25, 0.3) is 22.0 Å². The Balaban J connectivity index is 1.35. The number of halogens is 3. The Morgan fingerprint density at radius 3 is 2.48 bits per heavy atom. The molecule has 7 nitrogen and oxygen atoms in total. The van der Waals surface area contributed by atoms with Crippen molar-refractivity contribution in [3.63, 3.8) is 0 Å².